The van der Waals surface area contributed by atoms with Gasteiger partial charge in [-0.05, 0) is 42.9 Å². The molecule has 2 N–H and O–H groups in total. The van der Waals surface area contributed by atoms with E-state index < -0.39 is 12.1 Å². The summed E-state index contributed by atoms with van der Waals surface area (Å²) in [6, 6.07) is 0.302. The number of hydrogen-bond donors (Lipinski definition) is 2. The highest BCUT2D eigenvalue weighted by molar-refractivity contribution is 6.36. The maximum absolute atomic E-state index is 12.0. The number of carbonyl (C=O) groups excluding carboxylic acids is 1. The van der Waals surface area contributed by atoms with Gasteiger partial charge in [0.25, 0.3) is 5.91 Å². The Balaban J connectivity index is 1.34. The van der Waals surface area contributed by atoms with Crippen LogP contribution in [0, 0.1) is 23.7 Å². The third-order valence-corrected chi connectivity index (χ3v) is 5.25. The van der Waals surface area contributed by atoms with E-state index in [0.29, 0.717) is 17.9 Å². The number of amides is 1. The molecule has 6 nitrogen and oxygen atoms in total. The molecule has 4 aliphatic rings. The van der Waals surface area contributed by atoms with Gasteiger partial charge >= 0.3 is 5.97 Å². The second kappa shape index (κ2) is 3.71. The summed E-state index contributed by atoms with van der Waals surface area (Å²) in [7, 11) is 0. The van der Waals surface area contributed by atoms with E-state index >= 15 is 0 Å². The Hall–Kier alpha value is -1.59. The fraction of sp³-hybridized carbons (Fsp3) is 0.769. The quantitative estimate of drug-likeness (QED) is 0.771. The van der Waals surface area contributed by atoms with Crippen molar-refractivity contribution in [3.05, 3.63) is 0 Å². The average molecular weight is 264 g/mol. The summed E-state index contributed by atoms with van der Waals surface area (Å²) in [5.41, 5.74) is -0.0730. The number of hydrogen-bond acceptors (Lipinski definition) is 4. The van der Waals surface area contributed by atoms with Gasteiger partial charge in [0, 0.05) is 12.5 Å². The molecule has 5 atom stereocenters. The minimum absolute atomic E-state index is 0.0656. The van der Waals surface area contributed by atoms with Gasteiger partial charge in [-0.15, -0.1) is 0 Å². The monoisotopic (exact) mass is 264 g/mol. The van der Waals surface area contributed by atoms with Gasteiger partial charge < -0.3 is 15.3 Å². The van der Waals surface area contributed by atoms with Crippen molar-refractivity contribution in [2.45, 2.75) is 37.8 Å². The molecule has 102 valence electrons. The molecule has 1 heterocycles. The molecule has 3 aliphatic carbocycles. The lowest BCUT2D eigenvalue weighted by atomic mass is 10.0. The van der Waals surface area contributed by atoms with Crippen LogP contribution in [0.2, 0.25) is 0 Å². The average Bonchev–Trinajstić information content (AvgIpc) is 2.87. The van der Waals surface area contributed by atoms with Gasteiger partial charge in [-0.3, -0.25) is 4.79 Å². The molecule has 1 aliphatic heterocycles. The molecule has 1 amide bonds. The summed E-state index contributed by atoms with van der Waals surface area (Å²) < 4.78 is 0. The first-order valence-electron chi connectivity index (χ1n) is 6.91. The molecule has 6 heteroatoms. The van der Waals surface area contributed by atoms with Gasteiger partial charge in [0.05, 0.1) is 0 Å². The van der Waals surface area contributed by atoms with Gasteiger partial charge in [0.15, 0.2) is 5.71 Å². The maximum atomic E-state index is 12.0. The van der Waals surface area contributed by atoms with E-state index in [0.717, 1.165) is 11.8 Å². The number of nitrogens with one attached hydrogen (secondary N) is 1. The van der Waals surface area contributed by atoms with Crippen molar-refractivity contribution in [1.82, 2.24) is 5.32 Å². The van der Waals surface area contributed by atoms with E-state index in [4.69, 9.17) is 9.94 Å². The van der Waals surface area contributed by atoms with E-state index in [1.54, 1.807) is 0 Å². The Morgan fingerprint density at radius 3 is 2.53 bits per heavy atom. The van der Waals surface area contributed by atoms with Gasteiger partial charge in [0.2, 0.25) is 6.10 Å². The van der Waals surface area contributed by atoms with Crippen LogP contribution in [-0.2, 0) is 14.4 Å². The van der Waals surface area contributed by atoms with Crippen molar-refractivity contribution in [2.24, 2.45) is 28.8 Å². The lowest BCUT2D eigenvalue weighted by molar-refractivity contribution is -0.131. The normalized spacial score (nSPS) is 45.4. The van der Waals surface area contributed by atoms with Gasteiger partial charge in [-0.2, -0.15) is 0 Å². The zero-order chi connectivity index (χ0) is 13.1. The molecule has 0 radical (unpaired) electrons. The number of nitrogens with zero attached hydrogens (tertiary/aromatic N) is 1. The van der Waals surface area contributed by atoms with Gasteiger partial charge in [-0.1, -0.05) is 5.16 Å². The predicted octanol–water partition coefficient (Wildman–Crippen LogP) is 0.377. The molecule has 0 aromatic heterocycles. The molecule has 0 spiro atoms. The minimum Gasteiger partial charge on any atom is -0.477 e. The summed E-state index contributed by atoms with van der Waals surface area (Å²) in [6.07, 6.45) is 3.27. The smallest absolute Gasteiger partial charge is 0.353 e. The number of carboxylic acids is 1. The first-order chi connectivity index (χ1) is 9.15. The minimum atomic E-state index is -1.11. The highest BCUT2D eigenvalue weighted by atomic mass is 16.6. The van der Waals surface area contributed by atoms with Crippen molar-refractivity contribution in [3.63, 3.8) is 0 Å². The summed E-state index contributed by atoms with van der Waals surface area (Å²) in [6.45, 7) is 0. The first kappa shape index (κ1) is 11.3. The SMILES string of the molecule is O=C(O)C1=NOC(C(=O)NC2C3C4CCC(C4)C23)C1. The molecule has 5 unspecified atom stereocenters. The van der Waals surface area contributed by atoms with Gasteiger partial charge in [-0.25, -0.2) is 4.79 Å². The molecule has 2 bridgehead atoms. The zero-order valence-electron chi connectivity index (χ0n) is 10.4. The highest BCUT2D eigenvalue weighted by Crippen LogP contribution is 2.65. The largest absolute Gasteiger partial charge is 0.477 e. The molecule has 19 heavy (non-hydrogen) atoms. The van der Waals surface area contributed by atoms with E-state index in [1.165, 1.54) is 19.3 Å². The molecule has 0 aromatic rings. The molecule has 0 saturated heterocycles. The third kappa shape index (κ3) is 1.58. The maximum Gasteiger partial charge on any atom is 0.353 e. The summed E-state index contributed by atoms with van der Waals surface area (Å²) in [5, 5.41) is 15.2. The van der Waals surface area contributed by atoms with Crippen molar-refractivity contribution in [3.8, 4) is 0 Å². The molecule has 3 fully saturated rings. The Morgan fingerprint density at radius 1 is 1.26 bits per heavy atom. The third-order valence-electron chi connectivity index (χ3n) is 5.25. The molecule has 4 rings (SSSR count). The van der Waals surface area contributed by atoms with E-state index in [9.17, 15) is 9.59 Å². The first-order valence-corrected chi connectivity index (χ1v) is 6.91. The second-order valence-corrected chi connectivity index (χ2v) is 6.16. The summed E-state index contributed by atoms with van der Waals surface area (Å²) in [5.74, 6) is 1.62. The van der Waals surface area contributed by atoms with Gasteiger partial charge in [0.1, 0.15) is 0 Å². The van der Waals surface area contributed by atoms with Crippen LogP contribution in [-0.4, -0.2) is 34.8 Å². The number of oxime groups is 1. The Kier molecular flexibility index (Phi) is 2.20. The van der Waals surface area contributed by atoms with Crippen LogP contribution in [0.1, 0.15) is 25.7 Å². The van der Waals surface area contributed by atoms with Crippen LogP contribution < -0.4 is 5.32 Å². The molecule has 0 aromatic carbocycles. The van der Waals surface area contributed by atoms with Crippen LogP contribution in [0.25, 0.3) is 0 Å². The number of carboxylic acid groups (broad SMARTS) is 1. The molecular formula is C13H16N2O4. The Morgan fingerprint density at radius 2 is 1.95 bits per heavy atom. The molecular weight excluding hydrogens is 248 g/mol. The lowest BCUT2D eigenvalue weighted by Gasteiger charge is -2.13. The van der Waals surface area contributed by atoms with Crippen molar-refractivity contribution in [1.29, 1.82) is 0 Å². The number of aliphatic carboxylic acids is 1. The second-order valence-electron chi connectivity index (χ2n) is 6.16. The van der Waals surface area contributed by atoms with Crippen LogP contribution in [0.15, 0.2) is 5.16 Å². The standard InChI is InChI=1S/C13H16N2O4/c16-12(8-4-7(13(17)18)15-19-8)14-11-9-5-1-2-6(3-5)10(9)11/h5-6,8-11H,1-4H2,(H,14,16)(H,17,18). The van der Waals surface area contributed by atoms with Crippen LogP contribution in [0.4, 0.5) is 0 Å². The lowest BCUT2D eigenvalue weighted by Crippen LogP contribution is -2.38. The van der Waals surface area contributed by atoms with Crippen molar-refractivity contribution >= 4 is 17.6 Å². The van der Waals surface area contributed by atoms with E-state index in [1.807, 2.05) is 0 Å². The molecule has 3 saturated carbocycles. The topological polar surface area (TPSA) is 88.0 Å². The van der Waals surface area contributed by atoms with Crippen LogP contribution in [0.3, 0.4) is 0 Å². The Labute approximate surface area is 110 Å². The number of fused-ring (bicyclic) bond motifs is 5. The summed E-state index contributed by atoms with van der Waals surface area (Å²) >= 11 is 0. The predicted molar refractivity (Wildman–Crippen MR) is 64.3 cm³/mol. The Bertz CT molecular complexity index is 473. The van der Waals surface area contributed by atoms with Crippen molar-refractivity contribution in [2.75, 3.05) is 0 Å². The summed E-state index contributed by atoms with van der Waals surface area (Å²) in [4.78, 5) is 27.6. The number of rotatable bonds is 3. The fourth-order valence-electron chi connectivity index (χ4n) is 4.42. The zero-order valence-corrected chi connectivity index (χ0v) is 10.4. The van der Waals surface area contributed by atoms with Crippen LogP contribution in [0.5, 0.6) is 0 Å². The fourth-order valence-corrected chi connectivity index (χ4v) is 4.42. The van der Waals surface area contributed by atoms with Crippen LogP contribution >= 0.6 is 0 Å². The van der Waals surface area contributed by atoms with E-state index in [-0.39, 0.29) is 18.0 Å². The van der Waals surface area contributed by atoms with Crippen molar-refractivity contribution < 1.29 is 19.5 Å². The number of carbonyl (C=O) groups is 2. The van der Waals surface area contributed by atoms with E-state index in [2.05, 4.69) is 10.5 Å². The highest BCUT2D eigenvalue weighted by Gasteiger charge is 2.65.